The van der Waals surface area contributed by atoms with Crippen molar-refractivity contribution in [1.82, 2.24) is 5.32 Å². The standard InChI is InChI=1S/C15H18F3NO2/c16-15(17,18)13-4-2-1-3-10(13)5-14(20)6-11-8-21-9-12(7-14)19-11/h1-4,11-12,19-20H,5-9H2. The van der Waals surface area contributed by atoms with Crippen molar-refractivity contribution in [1.29, 1.82) is 0 Å². The fourth-order valence-corrected chi connectivity index (χ4v) is 3.47. The van der Waals surface area contributed by atoms with E-state index in [0.717, 1.165) is 6.07 Å². The lowest BCUT2D eigenvalue weighted by molar-refractivity contribution is -0.139. The van der Waals surface area contributed by atoms with Crippen LogP contribution in [0.1, 0.15) is 24.0 Å². The summed E-state index contributed by atoms with van der Waals surface area (Å²) >= 11 is 0. The largest absolute Gasteiger partial charge is 0.416 e. The quantitative estimate of drug-likeness (QED) is 0.879. The third-order valence-corrected chi connectivity index (χ3v) is 4.20. The maximum Gasteiger partial charge on any atom is 0.416 e. The van der Waals surface area contributed by atoms with Crippen LogP contribution in [0.5, 0.6) is 0 Å². The van der Waals surface area contributed by atoms with Crippen LogP contribution in [0.2, 0.25) is 0 Å². The number of nitrogens with one attached hydrogen (secondary N) is 1. The summed E-state index contributed by atoms with van der Waals surface area (Å²) in [4.78, 5) is 0. The van der Waals surface area contributed by atoms with Gasteiger partial charge in [-0.15, -0.1) is 0 Å². The number of hydrogen-bond donors (Lipinski definition) is 2. The van der Waals surface area contributed by atoms with E-state index in [1.54, 1.807) is 6.07 Å². The molecule has 6 heteroatoms. The molecule has 2 aliphatic rings. The van der Waals surface area contributed by atoms with Gasteiger partial charge in [0.1, 0.15) is 0 Å². The molecular formula is C15H18F3NO2. The second-order valence-electron chi connectivity index (χ2n) is 6.06. The molecule has 116 valence electrons. The Hall–Kier alpha value is -1.11. The van der Waals surface area contributed by atoms with Crippen LogP contribution in [-0.2, 0) is 17.3 Å². The number of rotatable bonds is 2. The minimum Gasteiger partial charge on any atom is -0.389 e. The Morgan fingerprint density at radius 2 is 1.81 bits per heavy atom. The molecule has 2 N–H and O–H groups in total. The number of aliphatic hydroxyl groups is 1. The van der Waals surface area contributed by atoms with Crippen LogP contribution in [0.25, 0.3) is 0 Å². The fraction of sp³-hybridized carbons (Fsp3) is 0.600. The summed E-state index contributed by atoms with van der Waals surface area (Å²) in [6.45, 7) is 0.999. The van der Waals surface area contributed by atoms with Gasteiger partial charge in [0.15, 0.2) is 0 Å². The van der Waals surface area contributed by atoms with Gasteiger partial charge in [-0.2, -0.15) is 13.2 Å². The van der Waals surface area contributed by atoms with Crippen LogP contribution in [0.15, 0.2) is 24.3 Å². The van der Waals surface area contributed by atoms with E-state index in [0.29, 0.717) is 26.1 Å². The molecule has 0 aromatic heterocycles. The first-order valence-electron chi connectivity index (χ1n) is 7.07. The van der Waals surface area contributed by atoms with E-state index in [1.165, 1.54) is 12.1 Å². The monoisotopic (exact) mass is 301 g/mol. The van der Waals surface area contributed by atoms with Crippen molar-refractivity contribution < 1.29 is 23.0 Å². The van der Waals surface area contributed by atoms with E-state index >= 15 is 0 Å². The molecule has 0 aliphatic carbocycles. The molecule has 3 nitrogen and oxygen atoms in total. The molecule has 2 heterocycles. The molecule has 2 atom stereocenters. The van der Waals surface area contributed by atoms with Gasteiger partial charge in [0, 0.05) is 18.5 Å². The second kappa shape index (κ2) is 5.26. The zero-order chi connectivity index (χ0) is 15.1. The molecule has 0 radical (unpaired) electrons. The summed E-state index contributed by atoms with van der Waals surface area (Å²) in [5.74, 6) is 0. The average Bonchev–Trinajstić information content (AvgIpc) is 2.36. The highest BCUT2D eigenvalue weighted by molar-refractivity contribution is 5.31. The number of alkyl halides is 3. The molecule has 21 heavy (non-hydrogen) atoms. The highest BCUT2D eigenvalue weighted by Gasteiger charge is 2.43. The first-order valence-corrected chi connectivity index (χ1v) is 7.07. The lowest BCUT2D eigenvalue weighted by Crippen LogP contribution is -2.60. The third-order valence-electron chi connectivity index (χ3n) is 4.20. The maximum absolute atomic E-state index is 13.0. The van der Waals surface area contributed by atoms with Crippen molar-refractivity contribution in [2.24, 2.45) is 0 Å². The van der Waals surface area contributed by atoms with Gasteiger partial charge in [-0.05, 0) is 24.5 Å². The van der Waals surface area contributed by atoms with Gasteiger partial charge in [-0.25, -0.2) is 0 Å². The molecule has 3 rings (SSSR count). The SMILES string of the molecule is OC1(Cc2ccccc2C(F)(F)F)CC2COCC(C1)N2. The van der Waals surface area contributed by atoms with Gasteiger partial charge in [0.2, 0.25) is 0 Å². The Balaban J connectivity index is 1.83. The van der Waals surface area contributed by atoms with Crippen LogP contribution >= 0.6 is 0 Å². The summed E-state index contributed by atoms with van der Waals surface area (Å²) < 4.78 is 44.5. The Kier molecular flexibility index (Phi) is 3.71. The van der Waals surface area contributed by atoms with Crippen LogP contribution in [0.3, 0.4) is 0 Å². The zero-order valence-corrected chi connectivity index (χ0v) is 11.5. The molecule has 0 amide bonds. The zero-order valence-electron chi connectivity index (χ0n) is 11.5. The van der Waals surface area contributed by atoms with Crippen molar-refractivity contribution in [3.8, 4) is 0 Å². The van der Waals surface area contributed by atoms with Crippen molar-refractivity contribution in [3.63, 3.8) is 0 Å². The van der Waals surface area contributed by atoms with E-state index in [-0.39, 0.29) is 24.1 Å². The number of ether oxygens (including phenoxy) is 1. The Labute approximate surface area is 121 Å². The van der Waals surface area contributed by atoms with Crippen molar-refractivity contribution >= 4 is 0 Å². The lowest BCUT2D eigenvalue weighted by atomic mass is 9.78. The molecule has 2 fully saturated rings. The first-order chi connectivity index (χ1) is 9.86. The molecule has 1 aromatic rings. The topological polar surface area (TPSA) is 41.5 Å². The summed E-state index contributed by atoms with van der Waals surface area (Å²) in [6, 6.07) is 5.51. The summed E-state index contributed by atoms with van der Waals surface area (Å²) in [7, 11) is 0. The highest BCUT2D eigenvalue weighted by atomic mass is 19.4. The van der Waals surface area contributed by atoms with Gasteiger partial charge in [0.05, 0.1) is 24.4 Å². The predicted octanol–water partition coefficient (Wildman–Crippen LogP) is 2.13. The predicted molar refractivity (Wildman–Crippen MR) is 70.9 cm³/mol. The number of benzene rings is 1. The lowest BCUT2D eigenvalue weighted by Gasteiger charge is -2.45. The van der Waals surface area contributed by atoms with Crippen LogP contribution in [0.4, 0.5) is 13.2 Å². The van der Waals surface area contributed by atoms with Gasteiger partial charge >= 0.3 is 6.18 Å². The van der Waals surface area contributed by atoms with Crippen LogP contribution < -0.4 is 5.32 Å². The fourth-order valence-electron chi connectivity index (χ4n) is 3.47. The average molecular weight is 301 g/mol. The second-order valence-corrected chi connectivity index (χ2v) is 6.06. The molecule has 0 saturated carbocycles. The molecule has 2 unspecified atom stereocenters. The highest BCUT2D eigenvalue weighted by Crippen LogP contribution is 2.36. The Morgan fingerprint density at radius 1 is 1.19 bits per heavy atom. The van der Waals surface area contributed by atoms with Gasteiger partial charge in [-0.1, -0.05) is 18.2 Å². The molecule has 2 saturated heterocycles. The normalized spacial score (nSPS) is 33.0. The smallest absolute Gasteiger partial charge is 0.389 e. The van der Waals surface area contributed by atoms with Crippen molar-refractivity contribution in [2.75, 3.05) is 13.2 Å². The van der Waals surface area contributed by atoms with E-state index < -0.39 is 17.3 Å². The molecule has 0 spiro atoms. The van der Waals surface area contributed by atoms with Gasteiger partial charge < -0.3 is 15.2 Å². The van der Waals surface area contributed by atoms with E-state index in [9.17, 15) is 18.3 Å². The summed E-state index contributed by atoms with van der Waals surface area (Å²) in [6.07, 6.45) is -3.54. The Morgan fingerprint density at radius 3 is 2.43 bits per heavy atom. The van der Waals surface area contributed by atoms with E-state index in [4.69, 9.17) is 4.74 Å². The number of fused-ring (bicyclic) bond motifs is 2. The minimum absolute atomic E-state index is 0.0144. The third kappa shape index (κ3) is 3.22. The Bertz CT molecular complexity index is 506. The van der Waals surface area contributed by atoms with Gasteiger partial charge in [0.25, 0.3) is 0 Å². The maximum atomic E-state index is 13.0. The molecule has 2 bridgehead atoms. The first kappa shape index (κ1) is 14.8. The van der Waals surface area contributed by atoms with Crippen molar-refractivity contribution in [3.05, 3.63) is 35.4 Å². The molecular weight excluding hydrogens is 283 g/mol. The summed E-state index contributed by atoms with van der Waals surface area (Å²) in [5.41, 5.74) is -1.60. The van der Waals surface area contributed by atoms with Gasteiger partial charge in [-0.3, -0.25) is 0 Å². The summed E-state index contributed by atoms with van der Waals surface area (Å²) in [5, 5.41) is 14.1. The number of halogens is 3. The van der Waals surface area contributed by atoms with E-state index in [1.807, 2.05) is 0 Å². The number of morpholine rings is 1. The number of hydrogen-bond acceptors (Lipinski definition) is 3. The molecule has 2 aliphatic heterocycles. The number of piperidine rings is 1. The van der Waals surface area contributed by atoms with Crippen molar-refractivity contribution in [2.45, 2.75) is 43.1 Å². The van der Waals surface area contributed by atoms with Crippen LogP contribution in [0, 0.1) is 0 Å². The minimum atomic E-state index is -4.39. The van der Waals surface area contributed by atoms with E-state index in [2.05, 4.69) is 5.32 Å². The van der Waals surface area contributed by atoms with Crippen LogP contribution in [-0.4, -0.2) is 36.0 Å². The molecule has 1 aromatic carbocycles.